The highest BCUT2D eigenvalue weighted by Gasteiger charge is 2.22. The molecule has 17 heavy (non-hydrogen) atoms. The van der Waals surface area contributed by atoms with Crippen LogP contribution in [0.25, 0.3) is 0 Å². The number of hydrogen-bond acceptors (Lipinski definition) is 4. The van der Waals surface area contributed by atoms with Crippen molar-refractivity contribution in [3.05, 3.63) is 16.5 Å². The fraction of sp³-hybridized carbons (Fsp3) is 0.500. The Balaban J connectivity index is 2.72. The molecule has 1 aromatic heterocycles. The Hall–Kier alpha value is -0.910. The largest absolute Gasteiger partial charge is 0.378 e. The second-order valence-corrected chi connectivity index (χ2v) is 4.75. The lowest BCUT2D eigenvalue weighted by Crippen LogP contribution is -2.29. The van der Waals surface area contributed by atoms with Crippen LogP contribution in [-0.4, -0.2) is 28.6 Å². The number of halogens is 2. The monoisotopic (exact) mass is 277 g/mol. The van der Waals surface area contributed by atoms with Crippen LogP contribution >= 0.6 is 23.2 Å². The van der Waals surface area contributed by atoms with Crippen LogP contribution in [0.2, 0.25) is 10.2 Å². The number of ether oxygens (including phenoxy) is 1. The molecule has 0 atom stereocenters. The highest BCUT2D eigenvalue weighted by Crippen LogP contribution is 2.25. The smallest absolute Gasteiger partial charge is 0.228 e. The van der Waals surface area contributed by atoms with Crippen molar-refractivity contribution in [3.63, 3.8) is 0 Å². The maximum Gasteiger partial charge on any atom is 0.228 e. The SMILES string of the molecule is COC(C)(C)CC(=O)Nc1ncnc(Cl)c1Cl. The molecule has 0 fully saturated rings. The maximum atomic E-state index is 11.7. The highest BCUT2D eigenvalue weighted by molar-refractivity contribution is 6.42. The minimum Gasteiger partial charge on any atom is -0.378 e. The van der Waals surface area contributed by atoms with Gasteiger partial charge in [-0.25, -0.2) is 9.97 Å². The zero-order chi connectivity index (χ0) is 13.1. The molecular weight excluding hydrogens is 265 g/mol. The van der Waals surface area contributed by atoms with Gasteiger partial charge in [-0.15, -0.1) is 0 Å². The number of rotatable bonds is 4. The van der Waals surface area contributed by atoms with E-state index in [9.17, 15) is 4.79 Å². The molecule has 5 nitrogen and oxygen atoms in total. The van der Waals surface area contributed by atoms with Crippen molar-refractivity contribution in [3.8, 4) is 0 Å². The molecule has 1 heterocycles. The van der Waals surface area contributed by atoms with Crippen LogP contribution in [0.5, 0.6) is 0 Å². The molecule has 0 saturated carbocycles. The van der Waals surface area contributed by atoms with Gasteiger partial charge in [-0.05, 0) is 13.8 Å². The van der Waals surface area contributed by atoms with E-state index in [-0.39, 0.29) is 28.3 Å². The molecule has 0 aliphatic heterocycles. The van der Waals surface area contributed by atoms with Crippen LogP contribution < -0.4 is 5.32 Å². The number of carbonyl (C=O) groups excluding carboxylic acids is 1. The summed E-state index contributed by atoms with van der Waals surface area (Å²) in [5.74, 6) is -0.0583. The van der Waals surface area contributed by atoms with E-state index in [4.69, 9.17) is 27.9 Å². The first kappa shape index (κ1) is 14.2. The summed E-state index contributed by atoms with van der Waals surface area (Å²) in [6.45, 7) is 3.61. The Bertz CT molecular complexity index is 424. The van der Waals surface area contributed by atoms with Gasteiger partial charge in [-0.2, -0.15) is 0 Å². The zero-order valence-corrected chi connectivity index (χ0v) is 11.3. The maximum absolute atomic E-state index is 11.7. The summed E-state index contributed by atoms with van der Waals surface area (Å²) in [5, 5.41) is 2.78. The number of hydrogen-bond donors (Lipinski definition) is 1. The van der Waals surface area contributed by atoms with Gasteiger partial charge in [0.25, 0.3) is 0 Å². The van der Waals surface area contributed by atoms with E-state index in [1.54, 1.807) is 21.0 Å². The van der Waals surface area contributed by atoms with Gasteiger partial charge in [0.2, 0.25) is 5.91 Å². The molecule has 0 aliphatic rings. The number of carbonyl (C=O) groups is 1. The van der Waals surface area contributed by atoms with Crippen molar-refractivity contribution in [2.45, 2.75) is 25.9 Å². The van der Waals surface area contributed by atoms with Crippen molar-refractivity contribution >= 4 is 34.9 Å². The summed E-state index contributed by atoms with van der Waals surface area (Å²) in [7, 11) is 1.54. The fourth-order valence-corrected chi connectivity index (χ4v) is 1.35. The lowest BCUT2D eigenvalue weighted by molar-refractivity contribution is -0.121. The van der Waals surface area contributed by atoms with Crippen molar-refractivity contribution in [1.29, 1.82) is 0 Å². The second-order valence-electron chi connectivity index (χ2n) is 4.02. The van der Waals surface area contributed by atoms with Gasteiger partial charge < -0.3 is 10.1 Å². The van der Waals surface area contributed by atoms with Gasteiger partial charge in [-0.1, -0.05) is 23.2 Å². The van der Waals surface area contributed by atoms with Gasteiger partial charge >= 0.3 is 0 Å². The predicted molar refractivity (Wildman–Crippen MR) is 66.4 cm³/mol. The Morgan fingerprint density at radius 1 is 1.47 bits per heavy atom. The van der Waals surface area contributed by atoms with Crippen molar-refractivity contribution in [2.24, 2.45) is 0 Å². The molecule has 0 bridgehead atoms. The van der Waals surface area contributed by atoms with Gasteiger partial charge in [0.05, 0.1) is 12.0 Å². The zero-order valence-electron chi connectivity index (χ0n) is 9.75. The molecule has 0 radical (unpaired) electrons. The summed E-state index contributed by atoms with van der Waals surface area (Å²) in [6, 6.07) is 0. The standard InChI is InChI=1S/C10H13Cl2N3O2/c1-10(2,17-3)4-6(16)15-9-7(11)8(12)13-5-14-9/h5H,4H2,1-3H3,(H,13,14,15,16). The average molecular weight is 278 g/mol. The van der Waals surface area contributed by atoms with E-state index in [2.05, 4.69) is 15.3 Å². The average Bonchev–Trinajstić information content (AvgIpc) is 2.24. The van der Waals surface area contributed by atoms with Crippen LogP contribution in [0.4, 0.5) is 5.82 Å². The number of methoxy groups -OCH3 is 1. The first-order valence-electron chi connectivity index (χ1n) is 4.87. The van der Waals surface area contributed by atoms with E-state index in [1.807, 2.05) is 0 Å². The predicted octanol–water partition coefficient (Wildman–Crippen LogP) is 2.54. The minimum absolute atomic E-state index is 0.1000. The van der Waals surface area contributed by atoms with Gasteiger partial charge in [0.1, 0.15) is 11.3 Å². The molecule has 7 heteroatoms. The van der Waals surface area contributed by atoms with Crippen molar-refractivity contribution in [1.82, 2.24) is 9.97 Å². The number of anilines is 1. The van der Waals surface area contributed by atoms with Crippen molar-refractivity contribution in [2.75, 3.05) is 12.4 Å². The Kier molecular flexibility index (Phi) is 4.68. The number of amides is 1. The number of aromatic nitrogens is 2. The van der Waals surface area contributed by atoms with Crippen molar-refractivity contribution < 1.29 is 9.53 Å². The van der Waals surface area contributed by atoms with E-state index in [0.29, 0.717) is 0 Å². The van der Waals surface area contributed by atoms with Crippen LogP contribution in [0.1, 0.15) is 20.3 Å². The summed E-state index contributed by atoms with van der Waals surface area (Å²) in [5.41, 5.74) is -0.548. The third-order valence-electron chi connectivity index (χ3n) is 2.14. The normalized spacial score (nSPS) is 11.4. The molecule has 1 aromatic rings. The second kappa shape index (κ2) is 5.62. The first-order valence-corrected chi connectivity index (χ1v) is 5.62. The van der Waals surface area contributed by atoms with E-state index >= 15 is 0 Å². The third-order valence-corrected chi connectivity index (χ3v) is 2.88. The highest BCUT2D eigenvalue weighted by atomic mass is 35.5. The topological polar surface area (TPSA) is 64.1 Å². The van der Waals surface area contributed by atoms with Crippen LogP contribution in [0.15, 0.2) is 6.33 Å². The van der Waals surface area contributed by atoms with Crippen LogP contribution in [0.3, 0.4) is 0 Å². The third kappa shape index (κ3) is 4.11. The lowest BCUT2D eigenvalue weighted by Gasteiger charge is -2.21. The van der Waals surface area contributed by atoms with Crippen LogP contribution in [0, 0.1) is 0 Å². The summed E-state index contributed by atoms with van der Waals surface area (Å²) in [4.78, 5) is 19.2. The molecule has 0 aromatic carbocycles. The summed E-state index contributed by atoms with van der Waals surface area (Å²) in [6.07, 6.45) is 1.41. The Morgan fingerprint density at radius 3 is 2.71 bits per heavy atom. The molecule has 1 N–H and O–H groups in total. The molecule has 0 saturated heterocycles. The number of nitrogens with one attached hydrogen (secondary N) is 1. The van der Waals surface area contributed by atoms with Gasteiger partial charge in [0, 0.05) is 7.11 Å². The quantitative estimate of drug-likeness (QED) is 0.859. The van der Waals surface area contributed by atoms with Crippen LogP contribution in [-0.2, 0) is 9.53 Å². The molecule has 0 unspecified atom stereocenters. The lowest BCUT2D eigenvalue weighted by atomic mass is 10.1. The van der Waals surface area contributed by atoms with Gasteiger partial charge in [0.15, 0.2) is 11.0 Å². The molecule has 0 spiro atoms. The molecule has 94 valence electrons. The molecular formula is C10H13Cl2N3O2. The fourth-order valence-electron chi connectivity index (χ4n) is 1.07. The summed E-state index contributed by atoms with van der Waals surface area (Å²) < 4.78 is 5.15. The Morgan fingerprint density at radius 2 is 2.12 bits per heavy atom. The molecule has 0 aliphatic carbocycles. The Labute approximate surface area is 109 Å². The van der Waals surface area contributed by atoms with Gasteiger partial charge in [-0.3, -0.25) is 4.79 Å². The molecule has 1 rings (SSSR count). The van der Waals surface area contributed by atoms with E-state index in [0.717, 1.165) is 0 Å². The first-order chi connectivity index (χ1) is 7.85. The van der Waals surface area contributed by atoms with E-state index in [1.165, 1.54) is 6.33 Å². The minimum atomic E-state index is -0.548. The number of nitrogens with zero attached hydrogens (tertiary/aromatic N) is 2. The molecule has 1 amide bonds. The van der Waals surface area contributed by atoms with E-state index < -0.39 is 5.60 Å². The summed E-state index contributed by atoms with van der Waals surface area (Å²) >= 11 is 11.5.